The fourth-order valence-electron chi connectivity index (χ4n) is 3.67. The summed E-state index contributed by atoms with van der Waals surface area (Å²) in [7, 11) is 0. The summed E-state index contributed by atoms with van der Waals surface area (Å²) >= 11 is 0. The molecule has 1 atom stereocenters. The molecule has 0 aromatic heterocycles. The number of hydrogen-bond donors (Lipinski definition) is 1. The van der Waals surface area contributed by atoms with E-state index in [2.05, 4.69) is 11.5 Å². The molecule has 4 heteroatoms. The number of piperidine rings is 1. The third-order valence-electron chi connectivity index (χ3n) is 5.11. The molecule has 130 valence electrons. The van der Waals surface area contributed by atoms with Crippen LogP contribution >= 0.6 is 0 Å². The fraction of sp³-hybridized carbons (Fsp3) is 0.737. The van der Waals surface area contributed by atoms with E-state index in [0.29, 0.717) is 0 Å². The predicted octanol–water partition coefficient (Wildman–Crippen LogP) is 3.07. The van der Waals surface area contributed by atoms with Crippen LogP contribution in [0.5, 0.6) is 0 Å². The van der Waals surface area contributed by atoms with Crippen LogP contribution in [0.15, 0.2) is 24.8 Å². The van der Waals surface area contributed by atoms with Crippen LogP contribution in [0, 0.1) is 5.92 Å². The summed E-state index contributed by atoms with van der Waals surface area (Å²) in [6.45, 7) is 8.47. The standard InChI is InChI=1S/C19H31NO3/c1-3-5-12-19(22,16-8-6-7-9-16)18(21)23-17-10-14-20(13-4-2)15-11-17/h4-5,12,16-17,22H,2-3,6-11,13-15H2,1H3/b12-5+. The maximum absolute atomic E-state index is 12.7. The number of rotatable bonds is 7. The van der Waals surface area contributed by atoms with Crippen molar-refractivity contribution in [3.05, 3.63) is 24.8 Å². The van der Waals surface area contributed by atoms with E-state index < -0.39 is 11.6 Å². The van der Waals surface area contributed by atoms with Gasteiger partial charge in [-0.25, -0.2) is 4.79 Å². The van der Waals surface area contributed by atoms with Crippen LogP contribution in [-0.2, 0) is 9.53 Å². The number of nitrogens with zero attached hydrogens (tertiary/aromatic N) is 1. The first-order valence-corrected chi connectivity index (χ1v) is 9.04. The van der Waals surface area contributed by atoms with Gasteiger partial charge in [0.2, 0.25) is 0 Å². The van der Waals surface area contributed by atoms with Gasteiger partial charge in [-0.1, -0.05) is 31.9 Å². The van der Waals surface area contributed by atoms with Gasteiger partial charge in [0.05, 0.1) is 0 Å². The summed E-state index contributed by atoms with van der Waals surface area (Å²) in [5, 5.41) is 11.0. The summed E-state index contributed by atoms with van der Waals surface area (Å²) in [6, 6.07) is 0. The van der Waals surface area contributed by atoms with E-state index in [1.807, 2.05) is 19.1 Å². The van der Waals surface area contributed by atoms with E-state index in [1.165, 1.54) is 0 Å². The van der Waals surface area contributed by atoms with Crippen LogP contribution in [0.4, 0.5) is 0 Å². The first-order chi connectivity index (χ1) is 11.1. The third-order valence-corrected chi connectivity index (χ3v) is 5.11. The Morgan fingerprint density at radius 2 is 1.96 bits per heavy atom. The minimum atomic E-state index is -1.44. The molecule has 1 unspecified atom stereocenters. The lowest BCUT2D eigenvalue weighted by Crippen LogP contribution is -2.47. The van der Waals surface area contributed by atoms with Crippen molar-refractivity contribution in [2.75, 3.05) is 19.6 Å². The minimum Gasteiger partial charge on any atom is -0.460 e. The molecule has 0 aromatic carbocycles. The van der Waals surface area contributed by atoms with E-state index >= 15 is 0 Å². The van der Waals surface area contributed by atoms with Crippen molar-refractivity contribution in [3.63, 3.8) is 0 Å². The molecule has 1 aliphatic heterocycles. The summed E-state index contributed by atoms with van der Waals surface area (Å²) in [6.07, 6.45) is 11.8. The largest absolute Gasteiger partial charge is 0.460 e. The first-order valence-electron chi connectivity index (χ1n) is 9.04. The minimum absolute atomic E-state index is 0.00125. The zero-order chi connectivity index (χ0) is 16.7. The van der Waals surface area contributed by atoms with Crippen LogP contribution in [0.25, 0.3) is 0 Å². The van der Waals surface area contributed by atoms with Crippen LogP contribution < -0.4 is 0 Å². The lowest BCUT2D eigenvalue weighted by molar-refractivity contribution is -0.173. The Labute approximate surface area is 140 Å². The van der Waals surface area contributed by atoms with Gasteiger partial charge in [0.1, 0.15) is 6.10 Å². The Balaban J connectivity index is 1.95. The summed E-state index contributed by atoms with van der Waals surface area (Å²) < 4.78 is 5.70. The second kappa shape index (κ2) is 8.65. The van der Waals surface area contributed by atoms with Crippen LogP contribution in [-0.4, -0.2) is 47.3 Å². The van der Waals surface area contributed by atoms with Crippen LogP contribution in [0.2, 0.25) is 0 Å². The summed E-state index contributed by atoms with van der Waals surface area (Å²) in [4.78, 5) is 15.0. The smallest absolute Gasteiger partial charge is 0.342 e. The highest BCUT2D eigenvalue weighted by molar-refractivity contribution is 5.82. The average molecular weight is 321 g/mol. The van der Waals surface area contributed by atoms with Crippen molar-refractivity contribution in [1.82, 2.24) is 4.90 Å². The third kappa shape index (κ3) is 4.67. The molecule has 0 aromatic rings. The highest BCUT2D eigenvalue weighted by atomic mass is 16.6. The van der Waals surface area contributed by atoms with Crippen molar-refractivity contribution in [3.8, 4) is 0 Å². The van der Waals surface area contributed by atoms with Gasteiger partial charge in [0, 0.05) is 25.6 Å². The Morgan fingerprint density at radius 1 is 1.30 bits per heavy atom. The molecule has 0 spiro atoms. The lowest BCUT2D eigenvalue weighted by Gasteiger charge is -2.34. The molecule has 1 saturated heterocycles. The van der Waals surface area contributed by atoms with E-state index in [9.17, 15) is 9.90 Å². The summed E-state index contributed by atoms with van der Waals surface area (Å²) in [5.41, 5.74) is -1.44. The van der Waals surface area contributed by atoms with E-state index in [1.54, 1.807) is 6.08 Å². The van der Waals surface area contributed by atoms with Gasteiger partial charge >= 0.3 is 5.97 Å². The highest BCUT2D eigenvalue weighted by Gasteiger charge is 2.45. The molecular weight excluding hydrogens is 290 g/mol. The Bertz CT molecular complexity index is 420. The zero-order valence-corrected chi connectivity index (χ0v) is 14.4. The molecule has 1 N–H and O–H groups in total. The Morgan fingerprint density at radius 3 is 2.52 bits per heavy atom. The number of aliphatic hydroxyl groups is 1. The molecule has 1 heterocycles. The number of carbonyl (C=O) groups is 1. The van der Waals surface area contributed by atoms with Crippen molar-refractivity contribution in [2.45, 2.75) is 63.6 Å². The Kier molecular flexibility index (Phi) is 6.85. The molecule has 2 aliphatic rings. The van der Waals surface area contributed by atoms with Crippen molar-refractivity contribution in [1.29, 1.82) is 0 Å². The molecule has 0 bridgehead atoms. The topological polar surface area (TPSA) is 49.8 Å². The van der Waals surface area contributed by atoms with Gasteiger partial charge in [0.25, 0.3) is 0 Å². The molecule has 23 heavy (non-hydrogen) atoms. The van der Waals surface area contributed by atoms with Gasteiger partial charge in [0.15, 0.2) is 5.60 Å². The second-order valence-corrected chi connectivity index (χ2v) is 6.81. The molecule has 0 radical (unpaired) electrons. The summed E-state index contributed by atoms with van der Waals surface area (Å²) in [5.74, 6) is -0.449. The Hall–Kier alpha value is -1.13. The molecule has 1 saturated carbocycles. The van der Waals surface area contributed by atoms with Gasteiger partial charge in [-0.2, -0.15) is 0 Å². The molecule has 0 amide bonds. The molecule has 4 nitrogen and oxygen atoms in total. The monoisotopic (exact) mass is 321 g/mol. The van der Waals surface area contributed by atoms with E-state index in [4.69, 9.17) is 4.74 Å². The number of esters is 1. The van der Waals surface area contributed by atoms with Crippen LogP contribution in [0.3, 0.4) is 0 Å². The number of allylic oxidation sites excluding steroid dienone is 1. The maximum atomic E-state index is 12.7. The van der Waals surface area contributed by atoms with Gasteiger partial charge in [-0.15, -0.1) is 6.58 Å². The highest BCUT2D eigenvalue weighted by Crippen LogP contribution is 2.36. The normalized spacial score (nSPS) is 23.9. The SMILES string of the molecule is C=CCN1CCC(OC(=O)C(O)(/C=C/CC)C2CCCC2)CC1. The molecule has 1 aliphatic carbocycles. The maximum Gasteiger partial charge on any atom is 0.342 e. The lowest BCUT2D eigenvalue weighted by atomic mass is 9.85. The van der Waals surface area contributed by atoms with E-state index in [-0.39, 0.29) is 12.0 Å². The van der Waals surface area contributed by atoms with Crippen LogP contribution in [0.1, 0.15) is 51.9 Å². The van der Waals surface area contributed by atoms with Crippen molar-refractivity contribution in [2.24, 2.45) is 5.92 Å². The molecule has 2 fully saturated rings. The quantitative estimate of drug-likeness (QED) is 0.578. The second-order valence-electron chi connectivity index (χ2n) is 6.81. The van der Waals surface area contributed by atoms with Crippen molar-refractivity contribution >= 4 is 5.97 Å². The molecular formula is C19H31NO3. The first kappa shape index (κ1) is 18.2. The number of likely N-dealkylation sites (tertiary alicyclic amines) is 1. The number of ether oxygens (including phenoxy) is 1. The predicted molar refractivity (Wildman–Crippen MR) is 92.1 cm³/mol. The van der Waals surface area contributed by atoms with Gasteiger partial charge in [-0.3, -0.25) is 4.90 Å². The van der Waals surface area contributed by atoms with Crippen molar-refractivity contribution < 1.29 is 14.6 Å². The van der Waals surface area contributed by atoms with E-state index in [0.717, 1.165) is 64.6 Å². The molecule has 2 rings (SSSR count). The average Bonchev–Trinajstić information content (AvgIpc) is 3.09. The van der Waals surface area contributed by atoms with Gasteiger partial charge < -0.3 is 9.84 Å². The van der Waals surface area contributed by atoms with Gasteiger partial charge in [-0.05, 0) is 38.2 Å². The zero-order valence-electron chi connectivity index (χ0n) is 14.4. The number of carbonyl (C=O) groups excluding carboxylic acids is 1. The number of hydrogen-bond acceptors (Lipinski definition) is 4. The fourth-order valence-corrected chi connectivity index (χ4v) is 3.67.